The van der Waals surface area contributed by atoms with Gasteiger partial charge in [-0.25, -0.2) is 8.78 Å². The predicted molar refractivity (Wildman–Crippen MR) is 69.7 cm³/mol. The van der Waals surface area contributed by atoms with Crippen LogP contribution in [0.15, 0.2) is 54.6 Å². The van der Waals surface area contributed by atoms with Crippen LogP contribution in [0.3, 0.4) is 0 Å². The number of nitrogens with two attached hydrogens (primary N) is 1. The Morgan fingerprint density at radius 2 is 1.42 bits per heavy atom. The maximum absolute atomic E-state index is 12.6. The summed E-state index contributed by atoms with van der Waals surface area (Å²) in [5.74, 6) is 0. The van der Waals surface area contributed by atoms with Crippen molar-refractivity contribution in [3.8, 4) is 0 Å². The van der Waals surface area contributed by atoms with Gasteiger partial charge in [-0.15, -0.1) is 0 Å². The van der Waals surface area contributed by atoms with Gasteiger partial charge in [-0.3, -0.25) is 0 Å². The smallest absolute Gasteiger partial charge is 0.263 e. The van der Waals surface area contributed by atoms with Gasteiger partial charge >= 0.3 is 0 Å². The largest absolute Gasteiger partial charge is 0.386 e. The van der Waals surface area contributed by atoms with E-state index in [0.717, 1.165) is 5.56 Å². The first kappa shape index (κ1) is 13.6. The van der Waals surface area contributed by atoms with E-state index >= 15 is 0 Å². The molecule has 3 N–H and O–H groups in total. The van der Waals surface area contributed by atoms with Crippen molar-refractivity contribution in [3.05, 3.63) is 71.3 Å². The zero-order valence-electron chi connectivity index (χ0n) is 10.2. The summed E-state index contributed by atoms with van der Waals surface area (Å²) < 4.78 is 25.2. The minimum Gasteiger partial charge on any atom is -0.386 e. The number of halogens is 2. The van der Waals surface area contributed by atoms with Crippen LogP contribution in [0.5, 0.6) is 0 Å². The third-order valence-electron chi connectivity index (χ3n) is 3.03. The van der Waals surface area contributed by atoms with Gasteiger partial charge in [-0.05, 0) is 17.2 Å². The van der Waals surface area contributed by atoms with Crippen molar-refractivity contribution < 1.29 is 13.9 Å². The minimum absolute atomic E-state index is 0.114. The molecule has 0 bridgehead atoms. The second-order valence-electron chi connectivity index (χ2n) is 4.35. The maximum atomic E-state index is 12.6. The molecule has 0 radical (unpaired) electrons. The Balaban J connectivity index is 2.24. The molecule has 0 spiro atoms. The lowest BCUT2D eigenvalue weighted by Crippen LogP contribution is -2.19. The Morgan fingerprint density at radius 3 is 2.05 bits per heavy atom. The van der Waals surface area contributed by atoms with Crippen molar-refractivity contribution in [2.75, 3.05) is 0 Å². The average Bonchev–Trinajstić information content (AvgIpc) is 2.46. The normalized spacial score (nSPS) is 14.4. The molecule has 2 unspecified atom stereocenters. The van der Waals surface area contributed by atoms with Gasteiger partial charge in [-0.2, -0.15) is 0 Å². The van der Waals surface area contributed by atoms with Crippen LogP contribution < -0.4 is 5.73 Å². The molecule has 2 nitrogen and oxygen atoms in total. The predicted octanol–water partition coefficient (Wildman–Crippen LogP) is 3.36. The van der Waals surface area contributed by atoms with Gasteiger partial charge in [0.15, 0.2) is 0 Å². The summed E-state index contributed by atoms with van der Waals surface area (Å²) in [5, 5.41) is 10.2. The summed E-state index contributed by atoms with van der Waals surface area (Å²) in [7, 11) is 0. The van der Waals surface area contributed by atoms with Crippen LogP contribution >= 0.6 is 0 Å². The summed E-state index contributed by atoms with van der Waals surface area (Å²) in [6.45, 7) is 0. The van der Waals surface area contributed by atoms with Crippen molar-refractivity contribution in [2.24, 2.45) is 5.73 Å². The Morgan fingerprint density at radius 1 is 0.842 bits per heavy atom. The van der Waals surface area contributed by atoms with Gasteiger partial charge < -0.3 is 10.8 Å². The number of rotatable bonds is 4. The second kappa shape index (κ2) is 5.91. The molecule has 0 aliphatic rings. The number of aliphatic hydroxyl groups is 1. The fraction of sp³-hybridized carbons (Fsp3) is 0.200. The molecule has 0 amide bonds. The van der Waals surface area contributed by atoms with Crippen LogP contribution in [-0.2, 0) is 0 Å². The van der Waals surface area contributed by atoms with E-state index in [1.807, 2.05) is 18.2 Å². The SMILES string of the molecule is NC(c1ccccc1)C(O)c1cccc(C(F)F)c1. The number of aliphatic hydroxyl groups excluding tert-OH is 1. The van der Waals surface area contributed by atoms with E-state index in [2.05, 4.69) is 0 Å². The number of hydrogen-bond acceptors (Lipinski definition) is 2. The van der Waals surface area contributed by atoms with E-state index in [1.165, 1.54) is 18.2 Å². The highest BCUT2D eigenvalue weighted by Gasteiger charge is 2.19. The summed E-state index contributed by atoms with van der Waals surface area (Å²) in [6, 6.07) is 14.1. The zero-order valence-corrected chi connectivity index (χ0v) is 10.2. The highest BCUT2D eigenvalue weighted by atomic mass is 19.3. The van der Waals surface area contributed by atoms with E-state index in [4.69, 9.17) is 5.73 Å². The molecule has 2 aromatic rings. The molecule has 2 aromatic carbocycles. The Labute approximate surface area is 110 Å². The second-order valence-corrected chi connectivity index (χ2v) is 4.35. The number of benzene rings is 2. The Kier molecular flexibility index (Phi) is 4.24. The molecular weight excluding hydrogens is 248 g/mol. The maximum Gasteiger partial charge on any atom is 0.263 e. The van der Waals surface area contributed by atoms with E-state index in [9.17, 15) is 13.9 Å². The molecule has 0 heterocycles. The first-order valence-electron chi connectivity index (χ1n) is 5.96. The lowest BCUT2D eigenvalue weighted by Gasteiger charge is -2.20. The highest BCUT2D eigenvalue weighted by Crippen LogP contribution is 2.29. The van der Waals surface area contributed by atoms with E-state index < -0.39 is 18.6 Å². The van der Waals surface area contributed by atoms with Crippen molar-refractivity contribution in [3.63, 3.8) is 0 Å². The van der Waals surface area contributed by atoms with Gasteiger partial charge in [0, 0.05) is 5.56 Å². The molecule has 19 heavy (non-hydrogen) atoms. The summed E-state index contributed by atoms with van der Waals surface area (Å²) >= 11 is 0. The number of hydrogen-bond donors (Lipinski definition) is 2. The molecular formula is C15H15F2NO. The number of alkyl halides is 2. The lowest BCUT2D eigenvalue weighted by molar-refractivity contribution is 0.142. The molecule has 100 valence electrons. The Hall–Kier alpha value is -1.78. The van der Waals surface area contributed by atoms with E-state index in [0.29, 0.717) is 5.56 Å². The third-order valence-corrected chi connectivity index (χ3v) is 3.03. The molecule has 2 atom stereocenters. The quantitative estimate of drug-likeness (QED) is 0.888. The lowest BCUT2D eigenvalue weighted by atomic mass is 9.95. The molecule has 0 saturated heterocycles. The first-order chi connectivity index (χ1) is 9.09. The van der Waals surface area contributed by atoms with Crippen molar-refractivity contribution in [1.29, 1.82) is 0 Å². The first-order valence-corrected chi connectivity index (χ1v) is 5.96. The summed E-state index contributed by atoms with van der Waals surface area (Å²) in [5.41, 5.74) is 7.00. The molecule has 0 fully saturated rings. The average molecular weight is 263 g/mol. The molecule has 2 rings (SSSR count). The van der Waals surface area contributed by atoms with E-state index in [-0.39, 0.29) is 5.56 Å². The summed E-state index contributed by atoms with van der Waals surface area (Å²) in [6.07, 6.45) is -3.57. The summed E-state index contributed by atoms with van der Waals surface area (Å²) in [4.78, 5) is 0. The highest BCUT2D eigenvalue weighted by molar-refractivity contribution is 5.29. The van der Waals surface area contributed by atoms with Crippen molar-refractivity contribution in [2.45, 2.75) is 18.6 Å². The van der Waals surface area contributed by atoms with E-state index in [1.54, 1.807) is 18.2 Å². The fourth-order valence-electron chi connectivity index (χ4n) is 1.94. The molecule has 0 saturated carbocycles. The van der Waals surface area contributed by atoms with Crippen LogP contribution in [0.4, 0.5) is 8.78 Å². The van der Waals surface area contributed by atoms with Crippen molar-refractivity contribution >= 4 is 0 Å². The van der Waals surface area contributed by atoms with Crippen LogP contribution in [0.2, 0.25) is 0 Å². The molecule has 4 heteroatoms. The molecule has 0 aliphatic heterocycles. The van der Waals surface area contributed by atoms with Gasteiger partial charge in [0.25, 0.3) is 6.43 Å². The van der Waals surface area contributed by atoms with Crippen LogP contribution in [-0.4, -0.2) is 5.11 Å². The molecule has 0 aromatic heterocycles. The van der Waals surface area contributed by atoms with Crippen LogP contribution in [0.25, 0.3) is 0 Å². The van der Waals surface area contributed by atoms with Gasteiger partial charge in [-0.1, -0.05) is 48.5 Å². The fourth-order valence-corrected chi connectivity index (χ4v) is 1.94. The minimum atomic E-state index is -2.56. The van der Waals surface area contributed by atoms with Crippen LogP contribution in [0, 0.1) is 0 Å². The van der Waals surface area contributed by atoms with Gasteiger partial charge in [0.05, 0.1) is 12.1 Å². The van der Waals surface area contributed by atoms with Crippen LogP contribution in [0.1, 0.15) is 35.3 Å². The molecule has 0 aliphatic carbocycles. The van der Waals surface area contributed by atoms with Crippen molar-refractivity contribution in [1.82, 2.24) is 0 Å². The standard InChI is InChI=1S/C15H15F2NO/c16-15(17)12-8-4-7-11(9-12)14(19)13(18)10-5-2-1-3-6-10/h1-9,13-15,19H,18H2. The Bertz CT molecular complexity index is 531. The van der Waals surface area contributed by atoms with Gasteiger partial charge in [0.2, 0.25) is 0 Å². The topological polar surface area (TPSA) is 46.2 Å². The zero-order chi connectivity index (χ0) is 13.8. The third kappa shape index (κ3) is 3.16. The van der Waals surface area contributed by atoms with Gasteiger partial charge in [0.1, 0.15) is 0 Å². The monoisotopic (exact) mass is 263 g/mol.